The third-order valence-corrected chi connectivity index (χ3v) is 13.8. The van der Waals surface area contributed by atoms with Gasteiger partial charge < -0.3 is 42.2 Å². The summed E-state index contributed by atoms with van der Waals surface area (Å²) in [5, 5.41) is 19.5. The fourth-order valence-electron chi connectivity index (χ4n) is 9.11. The summed E-state index contributed by atoms with van der Waals surface area (Å²) in [6, 6.07) is 10.1. The minimum Gasteiger partial charge on any atom is -0.391 e. The number of carbonyl (C=O) groups excluding carboxylic acids is 6. The summed E-state index contributed by atoms with van der Waals surface area (Å²) in [5.41, 5.74) is 18.5. The summed E-state index contributed by atoms with van der Waals surface area (Å²) in [5.74, 6) is -2.04. The summed E-state index contributed by atoms with van der Waals surface area (Å²) in [6.07, 6.45) is 6.48. The van der Waals surface area contributed by atoms with Gasteiger partial charge in [-0.1, -0.05) is 88.9 Å². The zero-order valence-corrected chi connectivity index (χ0v) is 39.6. The van der Waals surface area contributed by atoms with Gasteiger partial charge in [0.2, 0.25) is 35.4 Å². The highest BCUT2D eigenvalue weighted by molar-refractivity contribution is 7.13. The number of nitrogens with two attached hydrogens (primary N) is 2. The number of hydrogen-bond acceptors (Lipinski definition) is 11. The fourth-order valence-corrected chi connectivity index (χ4v) is 9.92. The number of aryl methyl sites for hydroxylation is 2. The number of aliphatic hydroxyl groups is 1. The molecule has 3 aliphatic rings. The van der Waals surface area contributed by atoms with Crippen molar-refractivity contribution in [1.82, 2.24) is 25.8 Å². The van der Waals surface area contributed by atoms with Gasteiger partial charge in [0, 0.05) is 45.4 Å². The van der Waals surface area contributed by atoms with Crippen molar-refractivity contribution in [2.75, 3.05) is 24.7 Å². The molecule has 1 aromatic heterocycles. The number of nitrogens with one attached hydrogen (secondary N) is 3. The standard InChI is InChI=1S/C49H68N8O8S/c1-30-43(66-29-53-30)33-17-15-31(16-18-33)26-52-45(61)38-25-36(58)27-56(38)48(64)44(49(2,3)4)55-41(60)14-9-7-5-6-8-10-23-65-28-35(20-22-40(51)59)54-46(62)39-24-34-13-11-12-32-19-21-37(50)47(63)57(39)42(32)34/h11-13,15-18,29,35-39,44,58H,5-10,14,19-28,50H2,1-4H3,(H2,51,59)(H,52,61)(H,54,62)(H,55,60)/t35-,36+,37-,38?,39-,44+/m0/s1. The Kier molecular flexibility index (Phi) is 17.5. The summed E-state index contributed by atoms with van der Waals surface area (Å²) < 4.78 is 5.96. The van der Waals surface area contributed by atoms with E-state index in [1.807, 2.05) is 75.7 Å². The highest BCUT2D eigenvalue weighted by Gasteiger charge is 2.45. The molecule has 8 N–H and O–H groups in total. The Labute approximate surface area is 392 Å². The second-order valence-corrected chi connectivity index (χ2v) is 20.0. The first-order valence-electron chi connectivity index (χ1n) is 23.4. The van der Waals surface area contributed by atoms with E-state index in [1.54, 1.807) is 16.2 Å². The number of aliphatic hydroxyl groups excluding tert-OH is 1. The van der Waals surface area contributed by atoms with Gasteiger partial charge >= 0.3 is 0 Å². The first-order valence-corrected chi connectivity index (χ1v) is 24.3. The van der Waals surface area contributed by atoms with E-state index in [4.69, 9.17) is 16.2 Å². The Morgan fingerprint density at radius 2 is 1.65 bits per heavy atom. The van der Waals surface area contributed by atoms with Gasteiger partial charge in [0.1, 0.15) is 18.1 Å². The van der Waals surface area contributed by atoms with Crippen LogP contribution >= 0.6 is 11.3 Å². The van der Waals surface area contributed by atoms with Crippen LogP contribution in [-0.4, -0.2) is 107 Å². The maximum absolute atomic E-state index is 14.0. The maximum atomic E-state index is 14.0. The van der Waals surface area contributed by atoms with Crippen molar-refractivity contribution < 1.29 is 38.6 Å². The molecule has 1 unspecified atom stereocenters. The first kappa shape index (κ1) is 50.2. The number of likely N-dealkylation sites (tertiary alicyclic amines) is 1. The van der Waals surface area contributed by atoms with Gasteiger partial charge in [0.05, 0.1) is 46.6 Å². The Hall–Kier alpha value is -5.23. The Morgan fingerprint density at radius 3 is 2.35 bits per heavy atom. The van der Waals surface area contributed by atoms with E-state index in [0.29, 0.717) is 38.7 Å². The van der Waals surface area contributed by atoms with Gasteiger partial charge in [0.15, 0.2) is 0 Å². The molecule has 3 aromatic rings. The number of β-amino-alcohol motifs (C(OH)–C–C–N with tert-alkyl or cyclic N) is 1. The average molecular weight is 929 g/mol. The second-order valence-electron chi connectivity index (χ2n) is 19.1. The summed E-state index contributed by atoms with van der Waals surface area (Å²) in [7, 11) is 0. The van der Waals surface area contributed by atoms with Crippen molar-refractivity contribution in [1.29, 1.82) is 0 Å². The monoisotopic (exact) mass is 928 g/mol. The van der Waals surface area contributed by atoms with E-state index in [2.05, 4.69) is 20.9 Å². The molecule has 358 valence electrons. The van der Waals surface area contributed by atoms with E-state index in [0.717, 1.165) is 70.6 Å². The highest BCUT2D eigenvalue weighted by atomic mass is 32.1. The molecule has 0 bridgehead atoms. The molecule has 17 heteroatoms. The number of amides is 6. The molecule has 6 rings (SSSR count). The number of primary amides is 1. The molecule has 1 fully saturated rings. The van der Waals surface area contributed by atoms with E-state index in [9.17, 15) is 33.9 Å². The zero-order valence-electron chi connectivity index (χ0n) is 38.8. The van der Waals surface area contributed by atoms with Crippen molar-refractivity contribution in [2.24, 2.45) is 16.9 Å². The van der Waals surface area contributed by atoms with Crippen LogP contribution in [0.25, 0.3) is 10.4 Å². The number of benzene rings is 2. The van der Waals surface area contributed by atoms with E-state index in [-0.39, 0.29) is 62.6 Å². The maximum Gasteiger partial charge on any atom is 0.246 e. The molecule has 0 spiro atoms. The summed E-state index contributed by atoms with van der Waals surface area (Å²) in [4.78, 5) is 87.7. The van der Waals surface area contributed by atoms with Crippen LogP contribution in [0.1, 0.15) is 114 Å². The predicted octanol–water partition coefficient (Wildman–Crippen LogP) is 3.96. The van der Waals surface area contributed by atoms with Crippen LogP contribution in [0.2, 0.25) is 0 Å². The molecule has 2 aromatic carbocycles. The van der Waals surface area contributed by atoms with E-state index >= 15 is 0 Å². The van der Waals surface area contributed by atoms with Gasteiger partial charge in [-0.3, -0.25) is 33.7 Å². The topological polar surface area (TPSA) is 239 Å². The van der Waals surface area contributed by atoms with E-state index < -0.39 is 53.5 Å². The minimum absolute atomic E-state index is 0.00836. The van der Waals surface area contributed by atoms with Crippen molar-refractivity contribution in [3.8, 4) is 10.4 Å². The lowest BCUT2D eigenvalue weighted by atomic mass is 9.85. The number of unbranched alkanes of at least 4 members (excludes halogenated alkanes) is 5. The molecular weight excluding hydrogens is 861 g/mol. The normalized spacial score (nSPS) is 20.1. The van der Waals surface area contributed by atoms with Gasteiger partial charge in [-0.05, 0) is 66.7 Å². The van der Waals surface area contributed by atoms with Crippen LogP contribution in [0, 0.1) is 12.3 Å². The first-order chi connectivity index (χ1) is 31.5. The molecule has 4 heterocycles. The van der Waals surface area contributed by atoms with Gasteiger partial charge in [-0.2, -0.15) is 0 Å². The largest absolute Gasteiger partial charge is 0.391 e. The van der Waals surface area contributed by atoms with Crippen molar-refractivity contribution >= 4 is 52.5 Å². The molecule has 6 amide bonds. The molecule has 3 aliphatic heterocycles. The lowest BCUT2D eigenvalue weighted by molar-refractivity contribution is -0.144. The smallest absolute Gasteiger partial charge is 0.246 e. The minimum atomic E-state index is -0.887. The summed E-state index contributed by atoms with van der Waals surface area (Å²) in [6.45, 7) is 8.51. The Balaban J connectivity index is 0.884. The predicted molar refractivity (Wildman–Crippen MR) is 253 cm³/mol. The molecule has 1 saturated heterocycles. The highest BCUT2D eigenvalue weighted by Crippen LogP contribution is 2.39. The Morgan fingerprint density at radius 1 is 0.939 bits per heavy atom. The van der Waals surface area contributed by atoms with Gasteiger partial charge in [-0.15, -0.1) is 11.3 Å². The second kappa shape index (κ2) is 23.0. The SMILES string of the molecule is Cc1ncsc1-c1ccc(CNC(=O)C2C[C@@H](O)CN2C(=O)[C@@H](NC(=O)CCCCCCCCOC[C@H](CCC(N)=O)NC(=O)[C@@H]2Cc3cccc4c3N2C(=O)[C@@H](N)CC4)C(C)(C)C)cc1. The number of rotatable bonds is 22. The number of ether oxygens (including phenoxy) is 1. The lowest BCUT2D eigenvalue weighted by Crippen LogP contribution is -2.57. The number of carbonyl (C=O) groups is 6. The van der Waals surface area contributed by atoms with Crippen LogP contribution in [0.15, 0.2) is 48.0 Å². The number of thiazole rings is 1. The number of aromatic nitrogens is 1. The molecule has 16 nitrogen and oxygen atoms in total. The molecular formula is C49H68N8O8S. The van der Waals surface area contributed by atoms with Crippen LogP contribution < -0.4 is 32.3 Å². The molecule has 0 radical (unpaired) electrons. The molecule has 0 aliphatic carbocycles. The third-order valence-electron chi connectivity index (χ3n) is 12.8. The number of anilines is 1. The zero-order chi connectivity index (χ0) is 47.5. The average Bonchev–Trinajstić information content (AvgIpc) is 4.00. The van der Waals surface area contributed by atoms with Crippen LogP contribution in [0.5, 0.6) is 0 Å². The van der Waals surface area contributed by atoms with Crippen LogP contribution in [0.4, 0.5) is 5.69 Å². The van der Waals surface area contributed by atoms with Crippen LogP contribution in [-0.2, 0) is 52.9 Å². The number of nitrogens with zero attached hydrogens (tertiary/aromatic N) is 3. The van der Waals surface area contributed by atoms with E-state index in [1.165, 1.54) is 4.90 Å². The Bertz CT molecular complexity index is 2190. The fraction of sp³-hybridized carbons (Fsp3) is 0.571. The third kappa shape index (κ3) is 13.0. The van der Waals surface area contributed by atoms with Gasteiger partial charge in [-0.25, -0.2) is 4.98 Å². The summed E-state index contributed by atoms with van der Waals surface area (Å²) >= 11 is 1.57. The number of hydrogen-bond donors (Lipinski definition) is 6. The molecule has 6 atom stereocenters. The number of para-hydroxylation sites is 1. The van der Waals surface area contributed by atoms with Gasteiger partial charge in [0.25, 0.3) is 0 Å². The molecule has 0 saturated carbocycles. The van der Waals surface area contributed by atoms with Crippen LogP contribution in [0.3, 0.4) is 0 Å². The molecule has 66 heavy (non-hydrogen) atoms. The quantitative estimate of drug-likeness (QED) is 0.0794. The van der Waals surface area contributed by atoms with Crippen molar-refractivity contribution in [3.05, 3.63) is 70.4 Å². The van der Waals surface area contributed by atoms with Crippen molar-refractivity contribution in [3.63, 3.8) is 0 Å². The van der Waals surface area contributed by atoms with Crippen molar-refractivity contribution in [2.45, 2.75) is 154 Å². The lowest BCUT2D eigenvalue weighted by Gasteiger charge is -2.35.